The number of carbonyl (C=O) groups is 1. The number of hydrogen-bond donors (Lipinski definition) is 1. The van der Waals surface area contributed by atoms with Crippen LogP contribution in [0.5, 0.6) is 0 Å². The van der Waals surface area contributed by atoms with Crippen molar-refractivity contribution in [3.05, 3.63) is 66.6 Å². The number of aromatic nitrogens is 2. The Morgan fingerprint density at radius 1 is 1.20 bits per heavy atom. The highest BCUT2D eigenvalue weighted by Crippen LogP contribution is 2.28. The van der Waals surface area contributed by atoms with Gasteiger partial charge >= 0.3 is 5.97 Å². The van der Waals surface area contributed by atoms with Crippen LogP contribution in [-0.2, 0) is 4.74 Å². The summed E-state index contributed by atoms with van der Waals surface area (Å²) in [5.41, 5.74) is 1.15. The molecule has 0 aliphatic heterocycles. The first-order valence-electron chi connectivity index (χ1n) is 7.35. The van der Waals surface area contributed by atoms with Crippen LogP contribution in [0.3, 0.4) is 0 Å². The van der Waals surface area contributed by atoms with Crippen molar-refractivity contribution >= 4 is 40.5 Å². The summed E-state index contributed by atoms with van der Waals surface area (Å²) >= 11 is 13.3. The molecule has 1 unspecified atom stereocenters. The summed E-state index contributed by atoms with van der Waals surface area (Å²) in [6.07, 6.45) is 0. The van der Waals surface area contributed by atoms with Gasteiger partial charge in [-0.15, -0.1) is 11.3 Å². The quantitative estimate of drug-likeness (QED) is 0.654. The van der Waals surface area contributed by atoms with E-state index in [1.807, 2.05) is 13.0 Å². The van der Waals surface area contributed by atoms with E-state index in [2.05, 4.69) is 5.10 Å². The Bertz CT molecular complexity index is 970. The fourth-order valence-corrected chi connectivity index (χ4v) is 3.96. The van der Waals surface area contributed by atoms with E-state index < -0.39 is 5.97 Å². The standard InChI is InChI=1S/C17H14Cl2N2O3S/c1-9(14-3-4-15(25-14)17(23)24-2)21-16(22)8-13(20-21)10-5-11(18)7-12(19)6-10/h3-9,20H,1-2H3. The summed E-state index contributed by atoms with van der Waals surface area (Å²) in [5, 5.41) is 4.06. The highest BCUT2D eigenvalue weighted by Gasteiger charge is 2.17. The Kier molecular flexibility index (Phi) is 5.03. The molecule has 0 aliphatic carbocycles. The van der Waals surface area contributed by atoms with E-state index in [1.165, 1.54) is 29.2 Å². The molecule has 0 saturated carbocycles. The fraction of sp³-hybridized carbons (Fsp3) is 0.176. The molecular weight excluding hydrogens is 383 g/mol. The molecular formula is C17H14Cl2N2O3S. The van der Waals surface area contributed by atoms with Gasteiger partial charge in [0.2, 0.25) is 0 Å². The van der Waals surface area contributed by atoms with E-state index in [-0.39, 0.29) is 11.6 Å². The number of aromatic amines is 1. The maximum absolute atomic E-state index is 12.4. The lowest BCUT2D eigenvalue weighted by molar-refractivity contribution is 0.0606. The summed E-state index contributed by atoms with van der Waals surface area (Å²) in [5.74, 6) is -0.392. The van der Waals surface area contributed by atoms with E-state index >= 15 is 0 Å². The van der Waals surface area contributed by atoms with Crippen LogP contribution in [-0.4, -0.2) is 22.9 Å². The Morgan fingerprint density at radius 2 is 1.88 bits per heavy atom. The molecule has 0 fully saturated rings. The lowest BCUT2D eigenvalue weighted by Gasteiger charge is -2.10. The van der Waals surface area contributed by atoms with Crippen LogP contribution in [0.15, 0.2) is 41.2 Å². The first-order chi connectivity index (χ1) is 11.9. The SMILES string of the molecule is COC(=O)c1ccc(C(C)n2[nH]c(-c3cc(Cl)cc(Cl)c3)cc2=O)s1. The van der Waals surface area contributed by atoms with E-state index in [0.717, 1.165) is 10.4 Å². The largest absolute Gasteiger partial charge is 0.465 e. The Hall–Kier alpha value is -2.02. The van der Waals surface area contributed by atoms with E-state index in [4.69, 9.17) is 27.9 Å². The molecule has 0 amide bonds. The average molecular weight is 397 g/mol. The Morgan fingerprint density at radius 3 is 2.52 bits per heavy atom. The third kappa shape index (κ3) is 3.66. The molecule has 1 N–H and O–H groups in total. The zero-order chi connectivity index (χ0) is 18.1. The minimum absolute atomic E-state index is 0.188. The van der Waals surface area contributed by atoms with Crippen molar-refractivity contribution in [1.82, 2.24) is 9.78 Å². The number of thiophene rings is 1. The highest BCUT2D eigenvalue weighted by atomic mass is 35.5. The van der Waals surface area contributed by atoms with Crippen molar-refractivity contribution < 1.29 is 9.53 Å². The van der Waals surface area contributed by atoms with E-state index in [1.54, 1.807) is 24.3 Å². The number of esters is 1. The number of rotatable bonds is 4. The first-order valence-corrected chi connectivity index (χ1v) is 8.92. The van der Waals surface area contributed by atoms with Crippen molar-refractivity contribution in [3.63, 3.8) is 0 Å². The van der Waals surface area contributed by atoms with Crippen molar-refractivity contribution in [2.45, 2.75) is 13.0 Å². The minimum atomic E-state index is -0.392. The molecule has 0 radical (unpaired) electrons. The third-order valence-electron chi connectivity index (χ3n) is 3.73. The molecule has 0 saturated heterocycles. The smallest absolute Gasteiger partial charge is 0.348 e. The minimum Gasteiger partial charge on any atom is -0.465 e. The molecule has 2 heterocycles. The highest BCUT2D eigenvalue weighted by molar-refractivity contribution is 7.14. The van der Waals surface area contributed by atoms with Gasteiger partial charge in [-0.2, -0.15) is 0 Å². The van der Waals surface area contributed by atoms with Crippen LogP contribution < -0.4 is 5.56 Å². The molecule has 0 bridgehead atoms. The van der Waals surface area contributed by atoms with E-state index in [9.17, 15) is 9.59 Å². The number of ether oxygens (including phenoxy) is 1. The molecule has 1 atom stereocenters. The van der Waals surface area contributed by atoms with Crippen LogP contribution in [0.2, 0.25) is 10.0 Å². The number of carbonyl (C=O) groups excluding carboxylic acids is 1. The summed E-state index contributed by atoms with van der Waals surface area (Å²) in [6.45, 7) is 1.87. The second-order valence-corrected chi connectivity index (χ2v) is 7.39. The zero-order valence-corrected chi connectivity index (χ0v) is 15.7. The van der Waals surface area contributed by atoms with Gasteiger partial charge in [0.15, 0.2) is 0 Å². The van der Waals surface area contributed by atoms with Gasteiger partial charge in [-0.3, -0.25) is 9.89 Å². The maximum Gasteiger partial charge on any atom is 0.348 e. The molecule has 25 heavy (non-hydrogen) atoms. The van der Waals surface area contributed by atoms with Crippen molar-refractivity contribution in [3.8, 4) is 11.3 Å². The van der Waals surface area contributed by atoms with Crippen molar-refractivity contribution in [2.24, 2.45) is 0 Å². The van der Waals surface area contributed by atoms with Crippen LogP contribution >= 0.6 is 34.5 Å². The molecule has 130 valence electrons. The van der Waals surface area contributed by atoms with Crippen LogP contribution in [0.1, 0.15) is 27.5 Å². The number of hydrogen-bond acceptors (Lipinski definition) is 4. The van der Waals surface area contributed by atoms with Crippen LogP contribution in [0.4, 0.5) is 0 Å². The van der Waals surface area contributed by atoms with E-state index in [0.29, 0.717) is 20.6 Å². The predicted molar refractivity (Wildman–Crippen MR) is 100.0 cm³/mol. The summed E-state index contributed by atoms with van der Waals surface area (Å²) in [4.78, 5) is 25.3. The van der Waals surface area contributed by atoms with Gasteiger partial charge in [0.1, 0.15) is 4.88 Å². The number of nitrogens with zero attached hydrogens (tertiary/aromatic N) is 1. The predicted octanol–water partition coefficient (Wildman–Crippen LogP) is 4.61. The van der Waals surface area contributed by atoms with Gasteiger partial charge < -0.3 is 4.74 Å². The molecule has 3 aromatic rings. The van der Waals surface area contributed by atoms with Crippen LogP contribution in [0, 0.1) is 0 Å². The summed E-state index contributed by atoms with van der Waals surface area (Å²) in [7, 11) is 1.34. The lowest BCUT2D eigenvalue weighted by Crippen LogP contribution is -2.20. The van der Waals surface area contributed by atoms with Crippen molar-refractivity contribution in [2.75, 3.05) is 7.11 Å². The average Bonchev–Trinajstić information content (AvgIpc) is 3.19. The molecule has 2 aromatic heterocycles. The molecule has 0 aliphatic rings. The molecule has 5 nitrogen and oxygen atoms in total. The topological polar surface area (TPSA) is 64.1 Å². The van der Waals surface area contributed by atoms with Crippen molar-refractivity contribution in [1.29, 1.82) is 0 Å². The number of methoxy groups -OCH3 is 1. The summed E-state index contributed by atoms with van der Waals surface area (Å²) in [6, 6.07) is 9.82. The Labute approximate surface area is 157 Å². The monoisotopic (exact) mass is 396 g/mol. The zero-order valence-electron chi connectivity index (χ0n) is 13.4. The van der Waals surface area contributed by atoms with Crippen LogP contribution in [0.25, 0.3) is 11.3 Å². The van der Waals surface area contributed by atoms with Gasteiger partial charge in [0.25, 0.3) is 5.56 Å². The fourth-order valence-electron chi connectivity index (χ4n) is 2.47. The van der Waals surface area contributed by atoms with Gasteiger partial charge in [-0.1, -0.05) is 23.2 Å². The second-order valence-electron chi connectivity index (χ2n) is 5.41. The van der Waals surface area contributed by atoms with Gasteiger partial charge in [0.05, 0.1) is 18.8 Å². The lowest BCUT2D eigenvalue weighted by atomic mass is 10.1. The number of benzene rings is 1. The first kappa shape index (κ1) is 17.8. The molecule has 1 aromatic carbocycles. The van der Waals surface area contributed by atoms with Gasteiger partial charge in [-0.05, 0) is 37.3 Å². The summed E-state index contributed by atoms with van der Waals surface area (Å²) < 4.78 is 6.21. The second kappa shape index (κ2) is 7.07. The number of halogens is 2. The molecule has 8 heteroatoms. The molecule has 0 spiro atoms. The molecule has 3 rings (SSSR count). The number of nitrogens with one attached hydrogen (secondary N) is 1. The maximum atomic E-state index is 12.4. The third-order valence-corrected chi connectivity index (χ3v) is 5.40. The van der Waals surface area contributed by atoms with Gasteiger partial charge in [-0.25, -0.2) is 9.48 Å². The number of H-pyrrole nitrogens is 1. The Balaban J connectivity index is 1.95. The normalized spacial score (nSPS) is 12.2. The van der Waals surface area contributed by atoms with Gasteiger partial charge in [0, 0.05) is 26.6 Å².